The average molecular weight is 345 g/mol. The SMILES string of the molecule is CCOC(=O)C(C#N)=Cc1cc2cc3c(cc2oc1=O)C#C/C=C\CC3. The van der Waals surface area contributed by atoms with E-state index in [0.717, 1.165) is 24.0 Å². The van der Waals surface area contributed by atoms with Crippen molar-refractivity contribution in [3.63, 3.8) is 0 Å². The van der Waals surface area contributed by atoms with E-state index >= 15 is 0 Å². The van der Waals surface area contributed by atoms with E-state index in [4.69, 9.17) is 14.4 Å². The van der Waals surface area contributed by atoms with Gasteiger partial charge in [-0.1, -0.05) is 17.9 Å². The van der Waals surface area contributed by atoms with Gasteiger partial charge in [0.2, 0.25) is 0 Å². The Morgan fingerprint density at radius 2 is 2.27 bits per heavy atom. The van der Waals surface area contributed by atoms with Gasteiger partial charge < -0.3 is 9.15 Å². The summed E-state index contributed by atoms with van der Waals surface area (Å²) in [6.45, 7) is 1.79. The minimum Gasteiger partial charge on any atom is -0.462 e. The summed E-state index contributed by atoms with van der Waals surface area (Å²) in [5, 5.41) is 9.84. The molecule has 0 saturated heterocycles. The van der Waals surface area contributed by atoms with Crippen molar-refractivity contribution in [3.8, 4) is 17.9 Å². The monoisotopic (exact) mass is 345 g/mol. The van der Waals surface area contributed by atoms with E-state index in [-0.39, 0.29) is 17.7 Å². The molecule has 1 aliphatic rings. The Balaban J connectivity index is 2.12. The highest BCUT2D eigenvalue weighted by Crippen LogP contribution is 2.22. The number of rotatable bonds is 3. The lowest BCUT2D eigenvalue weighted by Gasteiger charge is -2.07. The van der Waals surface area contributed by atoms with Crippen molar-refractivity contribution in [2.24, 2.45) is 0 Å². The Hall–Kier alpha value is -3.57. The smallest absolute Gasteiger partial charge is 0.348 e. The first-order valence-electron chi connectivity index (χ1n) is 8.18. The van der Waals surface area contributed by atoms with Crippen molar-refractivity contribution < 1.29 is 13.9 Å². The van der Waals surface area contributed by atoms with Gasteiger partial charge in [0, 0.05) is 10.9 Å². The lowest BCUT2D eigenvalue weighted by molar-refractivity contribution is -0.137. The summed E-state index contributed by atoms with van der Waals surface area (Å²) in [4.78, 5) is 24.0. The third-order valence-electron chi connectivity index (χ3n) is 3.89. The quantitative estimate of drug-likeness (QED) is 0.281. The van der Waals surface area contributed by atoms with Crippen LogP contribution in [0.1, 0.15) is 30.0 Å². The third-order valence-corrected chi connectivity index (χ3v) is 3.89. The van der Waals surface area contributed by atoms with Gasteiger partial charge in [-0.2, -0.15) is 5.26 Å². The molecule has 2 aromatic rings. The van der Waals surface area contributed by atoms with Crippen molar-refractivity contribution >= 4 is 23.0 Å². The second-order valence-electron chi connectivity index (χ2n) is 5.64. The van der Waals surface area contributed by atoms with E-state index in [2.05, 4.69) is 11.8 Å². The number of carbonyl (C=O) groups excluding carboxylic acids is 1. The van der Waals surface area contributed by atoms with Crippen LogP contribution >= 0.6 is 0 Å². The Kier molecular flexibility index (Phi) is 5.01. The van der Waals surface area contributed by atoms with Crippen LogP contribution in [-0.2, 0) is 16.0 Å². The van der Waals surface area contributed by atoms with Crippen molar-refractivity contribution in [1.82, 2.24) is 0 Å². The maximum Gasteiger partial charge on any atom is 0.348 e. The van der Waals surface area contributed by atoms with Crippen molar-refractivity contribution in [2.45, 2.75) is 19.8 Å². The second-order valence-corrected chi connectivity index (χ2v) is 5.64. The molecule has 0 N–H and O–H groups in total. The van der Waals surface area contributed by atoms with Crippen LogP contribution in [0.3, 0.4) is 0 Å². The standard InChI is InChI=1S/C21H15NO4/c1-2-25-20(23)18(13-22)11-17-10-16-9-14-7-5-3-4-6-8-15(14)12-19(16)26-21(17)24/h3-4,9-12H,2,5,7H2,1H3/b4-3-,18-11?. The summed E-state index contributed by atoms with van der Waals surface area (Å²) < 4.78 is 10.2. The zero-order chi connectivity index (χ0) is 18.5. The Morgan fingerprint density at radius 1 is 1.42 bits per heavy atom. The number of fused-ring (bicyclic) bond motifs is 2. The Labute approximate surface area is 150 Å². The fourth-order valence-corrected chi connectivity index (χ4v) is 2.66. The van der Waals surface area contributed by atoms with Crippen LogP contribution in [0.15, 0.2) is 45.1 Å². The molecule has 0 unspecified atom stereocenters. The topological polar surface area (TPSA) is 80.3 Å². The second kappa shape index (κ2) is 7.55. The number of hydrogen-bond acceptors (Lipinski definition) is 5. The van der Waals surface area contributed by atoms with Gasteiger partial charge in [0.15, 0.2) is 0 Å². The third kappa shape index (κ3) is 3.58. The molecular weight excluding hydrogens is 330 g/mol. The molecule has 1 aromatic heterocycles. The number of allylic oxidation sites excluding steroid dienone is 2. The predicted molar refractivity (Wildman–Crippen MR) is 97.0 cm³/mol. The Bertz CT molecular complexity index is 1100. The summed E-state index contributed by atoms with van der Waals surface area (Å²) in [6, 6.07) is 7.04. The summed E-state index contributed by atoms with van der Waals surface area (Å²) in [7, 11) is 0. The zero-order valence-electron chi connectivity index (χ0n) is 14.2. The highest BCUT2D eigenvalue weighted by atomic mass is 16.5. The van der Waals surface area contributed by atoms with Gasteiger partial charge in [0.1, 0.15) is 17.2 Å². The van der Waals surface area contributed by atoms with Gasteiger partial charge in [0.25, 0.3) is 0 Å². The molecule has 0 radical (unpaired) electrons. The minimum atomic E-state index is -0.769. The van der Waals surface area contributed by atoms with E-state index in [1.807, 2.05) is 18.2 Å². The van der Waals surface area contributed by atoms with E-state index < -0.39 is 11.6 Å². The molecule has 0 aliphatic heterocycles. The maximum absolute atomic E-state index is 12.2. The fraction of sp³-hybridized carbons (Fsp3) is 0.190. The first-order valence-corrected chi connectivity index (χ1v) is 8.18. The molecule has 5 heteroatoms. The lowest BCUT2D eigenvalue weighted by atomic mass is 9.98. The van der Waals surface area contributed by atoms with Gasteiger partial charge in [-0.3, -0.25) is 0 Å². The van der Waals surface area contributed by atoms with Crippen molar-refractivity contribution in [2.75, 3.05) is 6.61 Å². The summed E-state index contributed by atoms with van der Waals surface area (Å²) in [6.07, 6.45) is 6.72. The zero-order valence-corrected chi connectivity index (χ0v) is 14.2. The first-order chi connectivity index (χ1) is 12.6. The highest BCUT2D eigenvalue weighted by Gasteiger charge is 2.13. The number of benzene rings is 1. The highest BCUT2D eigenvalue weighted by molar-refractivity contribution is 5.98. The summed E-state index contributed by atoms with van der Waals surface area (Å²) in [5.41, 5.74) is 1.55. The molecule has 0 fully saturated rings. The van der Waals surface area contributed by atoms with Crippen molar-refractivity contribution in [1.29, 1.82) is 5.26 Å². The molecule has 0 saturated carbocycles. The number of aryl methyl sites for hydroxylation is 1. The molecule has 0 amide bonds. The number of nitriles is 1. The molecule has 3 rings (SSSR count). The van der Waals surface area contributed by atoms with Gasteiger partial charge >= 0.3 is 11.6 Å². The van der Waals surface area contributed by atoms with Crippen molar-refractivity contribution in [3.05, 3.63) is 63.0 Å². The van der Waals surface area contributed by atoms with Crippen LogP contribution in [0.4, 0.5) is 0 Å². The van der Waals surface area contributed by atoms with Gasteiger partial charge in [0.05, 0.1) is 12.2 Å². The van der Waals surface area contributed by atoms with Crippen LogP contribution in [-0.4, -0.2) is 12.6 Å². The molecule has 128 valence electrons. The first kappa shape index (κ1) is 17.3. The van der Waals surface area contributed by atoms with Gasteiger partial charge in [-0.05, 0) is 55.7 Å². The lowest BCUT2D eigenvalue weighted by Crippen LogP contribution is -2.09. The molecule has 0 spiro atoms. The maximum atomic E-state index is 12.2. The normalized spacial score (nSPS) is 14.2. The van der Waals surface area contributed by atoms with Crippen LogP contribution in [0.5, 0.6) is 0 Å². The number of ether oxygens (including phenoxy) is 1. The molecule has 1 heterocycles. The van der Waals surface area contributed by atoms with E-state index in [9.17, 15) is 9.59 Å². The molecular formula is C21H15NO4. The van der Waals surface area contributed by atoms with Gasteiger partial charge in [-0.25, -0.2) is 9.59 Å². The largest absolute Gasteiger partial charge is 0.462 e. The van der Waals surface area contributed by atoms with Crippen LogP contribution in [0.2, 0.25) is 0 Å². The number of nitrogens with zero attached hydrogens (tertiary/aromatic N) is 1. The van der Waals surface area contributed by atoms with Gasteiger partial charge in [-0.15, -0.1) is 0 Å². The number of hydrogen-bond donors (Lipinski definition) is 0. The fourth-order valence-electron chi connectivity index (χ4n) is 2.66. The average Bonchev–Trinajstić information content (AvgIpc) is 2.60. The predicted octanol–water partition coefficient (Wildman–Crippen LogP) is 3.12. The molecule has 26 heavy (non-hydrogen) atoms. The van der Waals surface area contributed by atoms with Crippen LogP contribution in [0, 0.1) is 23.2 Å². The van der Waals surface area contributed by atoms with Crippen LogP contribution < -0.4 is 5.63 Å². The molecule has 1 aromatic carbocycles. The number of carbonyl (C=O) groups is 1. The van der Waals surface area contributed by atoms with E-state index in [1.165, 1.54) is 6.08 Å². The summed E-state index contributed by atoms with van der Waals surface area (Å²) >= 11 is 0. The molecule has 0 atom stereocenters. The summed E-state index contributed by atoms with van der Waals surface area (Å²) in [5.74, 6) is 5.22. The van der Waals surface area contributed by atoms with E-state index in [1.54, 1.807) is 25.1 Å². The Morgan fingerprint density at radius 3 is 3.04 bits per heavy atom. The van der Waals surface area contributed by atoms with Crippen LogP contribution in [0.25, 0.3) is 17.0 Å². The molecule has 1 aliphatic carbocycles. The minimum absolute atomic E-state index is 0.124. The molecule has 5 nitrogen and oxygen atoms in total. The number of esters is 1. The molecule has 0 bridgehead atoms. The van der Waals surface area contributed by atoms with E-state index in [0.29, 0.717) is 11.0 Å².